The topological polar surface area (TPSA) is 38.0 Å². The second kappa shape index (κ2) is 5.85. The summed E-state index contributed by atoms with van der Waals surface area (Å²) in [4.78, 5) is 0. The fourth-order valence-electron chi connectivity index (χ4n) is 1.94. The summed E-state index contributed by atoms with van der Waals surface area (Å²) in [7, 11) is 0. The van der Waals surface area contributed by atoms with Gasteiger partial charge in [-0.1, -0.05) is 57.4 Å². The average Bonchev–Trinajstić information content (AvgIpc) is 2.35. The molecule has 0 spiro atoms. The van der Waals surface area contributed by atoms with Crippen LogP contribution in [-0.4, -0.2) is 0 Å². The molecule has 2 aromatic rings. The predicted octanol–water partition coefficient (Wildman–Crippen LogP) is 3.96. The van der Waals surface area contributed by atoms with E-state index in [1.54, 1.807) is 0 Å². The molecule has 0 aromatic heterocycles. The predicted molar refractivity (Wildman–Crippen MR) is 79.5 cm³/mol. The van der Waals surface area contributed by atoms with E-state index in [1.807, 2.05) is 30.3 Å². The van der Waals surface area contributed by atoms with E-state index in [9.17, 15) is 0 Å². The molecular formula is C14H14BrClN2. The highest BCUT2D eigenvalue weighted by atomic mass is 79.9. The van der Waals surface area contributed by atoms with Crippen molar-refractivity contribution < 1.29 is 0 Å². The highest BCUT2D eigenvalue weighted by Crippen LogP contribution is 2.30. The quantitative estimate of drug-likeness (QED) is 0.662. The van der Waals surface area contributed by atoms with Gasteiger partial charge < -0.3 is 0 Å². The lowest BCUT2D eigenvalue weighted by atomic mass is 9.98. The molecule has 1 atom stereocenters. The third kappa shape index (κ3) is 2.93. The van der Waals surface area contributed by atoms with Gasteiger partial charge in [0.2, 0.25) is 0 Å². The van der Waals surface area contributed by atoms with Crippen molar-refractivity contribution in [1.29, 1.82) is 0 Å². The van der Waals surface area contributed by atoms with Crippen molar-refractivity contribution >= 4 is 27.5 Å². The summed E-state index contributed by atoms with van der Waals surface area (Å²) in [6, 6.07) is 13.8. The SMILES string of the molecule is Cc1ccc(Br)c(C(NN)c2cccc(Cl)c2)c1. The number of halogens is 2. The van der Waals surface area contributed by atoms with E-state index in [0.29, 0.717) is 5.02 Å². The molecule has 3 N–H and O–H groups in total. The molecule has 0 aliphatic carbocycles. The minimum atomic E-state index is -0.0852. The molecule has 0 fully saturated rings. The van der Waals surface area contributed by atoms with E-state index in [0.717, 1.165) is 15.6 Å². The van der Waals surface area contributed by atoms with Crippen LogP contribution in [0.3, 0.4) is 0 Å². The number of hydrogen-bond donors (Lipinski definition) is 2. The van der Waals surface area contributed by atoms with Crippen molar-refractivity contribution in [3.05, 3.63) is 68.7 Å². The molecule has 2 aromatic carbocycles. The van der Waals surface area contributed by atoms with E-state index in [1.165, 1.54) is 5.56 Å². The monoisotopic (exact) mass is 324 g/mol. The van der Waals surface area contributed by atoms with Crippen molar-refractivity contribution in [3.63, 3.8) is 0 Å². The minimum absolute atomic E-state index is 0.0852. The van der Waals surface area contributed by atoms with Gasteiger partial charge in [0.05, 0.1) is 6.04 Å². The van der Waals surface area contributed by atoms with Crippen molar-refractivity contribution in [3.8, 4) is 0 Å². The van der Waals surface area contributed by atoms with E-state index in [4.69, 9.17) is 17.4 Å². The second-order valence-electron chi connectivity index (χ2n) is 4.18. The summed E-state index contributed by atoms with van der Waals surface area (Å²) >= 11 is 9.58. The van der Waals surface area contributed by atoms with Crippen LogP contribution in [0.2, 0.25) is 5.02 Å². The Bertz CT molecular complexity index is 557. The van der Waals surface area contributed by atoms with Crippen molar-refractivity contribution in [2.75, 3.05) is 0 Å². The highest BCUT2D eigenvalue weighted by Gasteiger charge is 2.15. The number of nitrogens with one attached hydrogen (secondary N) is 1. The molecule has 2 nitrogen and oxygen atoms in total. The maximum absolute atomic E-state index is 6.02. The molecule has 0 bridgehead atoms. The first-order valence-corrected chi connectivity index (χ1v) is 6.76. The van der Waals surface area contributed by atoms with Gasteiger partial charge in [-0.25, -0.2) is 5.43 Å². The summed E-state index contributed by atoms with van der Waals surface area (Å²) in [6.07, 6.45) is 0. The van der Waals surface area contributed by atoms with E-state index in [-0.39, 0.29) is 6.04 Å². The highest BCUT2D eigenvalue weighted by molar-refractivity contribution is 9.10. The first-order chi connectivity index (χ1) is 8.61. The summed E-state index contributed by atoms with van der Waals surface area (Å²) in [5.41, 5.74) is 6.17. The normalized spacial score (nSPS) is 12.4. The van der Waals surface area contributed by atoms with Crippen LogP contribution >= 0.6 is 27.5 Å². The molecule has 0 amide bonds. The fourth-order valence-corrected chi connectivity index (χ4v) is 2.61. The smallest absolute Gasteiger partial charge is 0.0721 e. The Morgan fingerprint density at radius 1 is 1.22 bits per heavy atom. The van der Waals surface area contributed by atoms with Gasteiger partial charge in [-0.2, -0.15) is 0 Å². The summed E-state index contributed by atoms with van der Waals surface area (Å²) in [5, 5.41) is 0.705. The van der Waals surface area contributed by atoms with Crippen molar-refractivity contribution in [2.45, 2.75) is 13.0 Å². The molecule has 2 rings (SSSR count). The van der Waals surface area contributed by atoms with Crippen LogP contribution in [0, 0.1) is 6.92 Å². The molecule has 94 valence electrons. The van der Waals surface area contributed by atoms with E-state index >= 15 is 0 Å². The molecular weight excluding hydrogens is 312 g/mol. The Kier molecular flexibility index (Phi) is 4.40. The number of nitrogens with two attached hydrogens (primary N) is 1. The van der Waals surface area contributed by atoms with Gasteiger partial charge >= 0.3 is 0 Å². The Labute approximate surface area is 120 Å². The van der Waals surface area contributed by atoms with Crippen LogP contribution in [0.5, 0.6) is 0 Å². The van der Waals surface area contributed by atoms with Gasteiger partial charge in [0.25, 0.3) is 0 Å². The van der Waals surface area contributed by atoms with Crippen LogP contribution in [-0.2, 0) is 0 Å². The first-order valence-electron chi connectivity index (χ1n) is 5.59. The lowest BCUT2D eigenvalue weighted by Gasteiger charge is -2.19. The lowest BCUT2D eigenvalue weighted by Crippen LogP contribution is -2.29. The van der Waals surface area contributed by atoms with Crippen LogP contribution < -0.4 is 11.3 Å². The summed E-state index contributed by atoms with van der Waals surface area (Å²) < 4.78 is 1.02. The fraction of sp³-hybridized carbons (Fsp3) is 0.143. The Balaban J connectivity index is 2.48. The van der Waals surface area contributed by atoms with E-state index < -0.39 is 0 Å². The Morgan fingerprint density at radius 2 is 2.00 bits per heavy atom. The number of rotatable bonds is 3. The molecule has 0 saturated carbocycles. The number of benzene rings is 2. The van der Waals surface area contributed by atoms with Crippen molar-refractivity contribution in [1.82, 2.24) is 5.43 Å². The largest absolute Gasteiger partial charge is 0.271 e. The molecule has 0 saturated heterocycles. The zero-order valence-corrected chi connectivity index (χ0v) is 12.3. The third-order valence-corrected chi connectivity index (χ3v) is 3.77. The average molecular weight is 326 g/mol. The number of aryl methyl sites for hydroxylation is 1. The number of hydrogen-bond acceptors (Lipinski definition) is 2. The number of hydrazine groups is 1. The van der Waals surface area contributed by atoms with Gasteiger partial charge in [0.1, 0.15) is 0 Å². The summed E-state index contributed by atoms with van der Waals surface area (Å²) in [6.45, 7) is 2.06. The zero-order valence-electron chi connectivity index (χ0n) is 9.95. The van der Waals surface area contributed by atoms with Gasteiger partial charge in [0.15, 0.2) is 0 Å². The Morgan fingerprint density at radius 3 is 2.67 bits per heavy atom. The third-order valence-electron chi connectivity index (χ3n) is 2.81. The Hall–Kier alpha value is -0.870. The molecule has 18 heavy (non-hydrogen) atoms. The van der Waals surface area contributed by atoms with Gasteiger partial charge in [-0.3, -0.25) is 5.84 Å². The molecule has 1 unspecified atom stereocenters. The van der Waals surface area contributed by atoms with E-state index in [2.05, 4.69) is 40.4 Å². The maximum Gasteiger partial charge on any atom is 0.0721 e. The maximum atomic E-state index is 6.02. The molecule has 0 aliphatic heterocycles. The first kappa shape index (κ1) is 13.6. The van der Waals surface area contributed by atoms with Gasteiger partial charge in [0, 0.05) is 9.50 Å². The minimum Gasteiger partial charge on any atom is -0.271 e. The van der Waals surface area contributed by atoms with Crippen molar-refractivity contribution in [2.24, 2.45) is 5.84 Å². The second-order valence-corrected chi connectivity index (χ2v) is 5.47. The standard InChI is InChI=1S/C14H14BrClN2/c1-9-5-6-13(15)12(7-9)14(18-17)10-3-2-4-11(16)8-10/h2-8,14,18H,17H2,1H3. The van der Waals surface area contributed by atoms with Gasteiger partial charge in [-0.05, 0) is 36.2 Å². The summed E-state index contributed by atoms with van der Waals surface area (Å²) in [5.74, 6) is 5.69. The van der Waals surface area contributed by atoms with Crippen LogP contribution in [0.25, 0.3) is 0 Å². The lowest BCUT2D eigenvalue weighted by molar-refractivity contribution is 0.634. The van der Waals surface area contributed by atoms with Gasteiger partial charge in [-0.15, -0.1) is 0 Å². The van der Waals surface area contributed by atoms with Crippen LogP contribution in [0.4, 0.5) is 0 Å². The molecule has 0 radical (unpaired) electrons. The zero-order chi connectivity index (χ0) is 13.1. The molecule has 0 heterocycles. The van der Waals surface area contributed by atoms with Crippen LogP contribution in [0.15, 0.2) is 46.9 Å². The molecule has 4 heteroatoms. The van der Waals surface area contributed by atoms with Crippen LogP contribution in [0.1, 0.15) is 22.7 Å². The molecule has 0 aliphatic rings.